The lowest BCUT2D eigenvalue weighted by Gasteiger charge is -1.98. The van der Waals surface area contributed by atoms with Gasteiger partial charge in [-0.25, -0.2) is 10.4 Å². The third kappa shape index (κ3) is 2.98. The molecule has 0 saturated carbocycles. The van der Waals surface area contributed by atoms with Gasteiger partial charge in [0, 0.05) is 23.9 Å². The van der Waals surface area contributed by atoms with Gasteiger partial charge in [-0.15, -0.1) is 0 Å². The molecule has 0 spiro atoms. The van der Waals surface area contributed by atoms with Gasteiger partial charge >= 0.3 is 0 Å². The largest absolute Gasteiger partial charge is 0.304 e. The average Bonchev–Trinajstić information content (AvgIpc) is 2.92. The Morgan fingerprint density at radius 2 is 2.17 bits per heavy atom. The van der Waals surface area contributed by atoms with Crippen molar-refractivity contribution < 1.29 is 9.72 Å². The van der Waals surface area contributed by atoms with Gasteiger partial charge in [0.15, 0.2) is 5.69 Å². The Kier molecular flexibility index (Phi) is 4.02. The Balaban J connectivity index is 1.76. The second-order valence-electron chi connectivity index (χ2n) is 5.03. The number of nitro groups is 1. The number of nitro benzene ring substituents is 1. The van der Waals surface area contributed by atoms with Crippen LogP contribution in [0.1, 0.15) is 21.7 Å². The SMILES string of the molecule is Cc1c(C(=O)NN=Cc2cccc([N+](=O)[O-])c2)nc2ccccn12. The van der Waals surface area contributed by atoms with E-state index in [1.165, 1.54) is 18.3 Å². The van der Waals surface area contributed by atoms with E-state index in [1.54, 1.807) is 29.5 Å². The number of fused-ring (bicyclic) bond motifs is 1. The second-order valence-corrected chi connectivity index (χ2v) is 5.03. The molecule has 0 unspecified atom stereocenters. The van der Waals surface area contributed by atoms with E-state index in [1.807, 2.05) is 18.3 Å². The first-order valence-electron chi connectivity index (χ1n) is 7.08. The Morgan fingerprint density at radius 3 is 2.92 bits per heavy atom. The summed E-state index contributed by atoms with van der Waals surface area (Å²) >= 11 is 0. The van der Waals surface area contributed by atoms with Gasteiger partial charge in [0.2, 0.25) is 0 Å². The van der Waals surface area contributed by atoms with Crippen LogP contribution in [0.2, 0.25) is 0 Å². The van der Waals surface area contributed by atoms with Crippen molar-refractivity contribution in [2.24, 2.45) is 5.10 Å². The summed E-state index contributed by atoms with van der Waals surface area (Å²) in [6.07, 6.45) is 3.16. The molecular formula is C16H13N5O3. The number of aromatic nitrogens is 2. The maximum Gasteiger partial charge on any atom is 0.291 e. The van der Waals surface area contributed by atoms with E-state index in [4.69, 9.17) is 0 Å². The van der Waals surface area contributed by atoms with Crippen LogP contribution in [-0.2, 0) is 0 Å². The first kappa shape index (κ1) is 15.3. The molecule has 0 aliphatic rings. The normalized spacial score (nSPS) is 11.0. The molecule has 0 radical (unpaired) electrons. The van der Waals surface area contributed by atoms with Crippen LogP contribution in [0, 0.1) is 17.0 Å². The fourth-order valence-corrected chi connectivity index (χ4v) is 2.27. The molecule has 2 heterocycles. The number of hydrogen-bond acceptors (Lipinski definition) is 5. The summed E-state index contributed by atoms with van der Waals surface area (Å²) in [5.74, 6) is -0.446. The molecule has 1 N–H and O–H groups in total. The van der Waals surface area contributed by atoms with Gasteiger partial charge in [0.1, 0.15) is 5.65 Å². The van der Waals surface area contributed by atoms with Crippen molar-refractivity contribution in [1.82, 2.24) is 14.8 Å². The third-order valence-corrected chi connectivity index (χ3v) is 3.44. The van der Waals surface area contributed by atoms with Crippen molar-refractivity contribution in [2.75, 3.05) is 0 Å². The minimum atomic E-state index is -0.490. The highest BCUT2D eigenvalue weighted by atomic mass is 16.6. The number of amides is 1. The third-order valence-electron chi connectivity index (χ3n) is 3.44. The molecular weight excluding hydrogens is 310 g/mol. The van der Waals surface area contributed by atoms with E-state index in [9.17, 15) is 14.9 Å². The smallest absolute Gasteiger partial charge is 0.291 e. The van der Waals surface area contributed by atoms with Crippen molar-refractivity contribution in [3.63, 3.8) is 0 Å². The summed E-state index contributed by atoms with van der Waals surface area (Å²) in [7, 11) is 0. The average molecular weight is 323 g/mol. The number of aryl methyl sites for hydroxylation is 1. The number of rotatable bonds is 4. The summed E-state index contributed by atoms with van der Waals surface area (Å²) in [5, 5.41) is 14.6. The Hall–Kier alpha value is -3.55. The molecule has 8 heteroatoms. The lowest BCUT2D eigenvalue weighted by molar-refractivity contribution is -0.384. The molecule has 120 valence electrons. The Bertz CT molecular complexity index is 961. The highest BCUT2D eigenvalue weighted by molar-refractivity contribution is 5.95. The van der Waals surface area contributed by atoms with Crippen LogP contribution >= 0.6 is 0 Å². The topological polar surface area (TPSA) is 102 Å². The number of hydrogen-bond donors (Lipinski definition) is 1. The quantitative estimate of drug-likeness (QED) is 0.452. The van der Waals surface area contributed by atoms with Crippen LogP contribution in [-0.4, -0.2) is 26.4 Å². The van der Waals surface area contributed by atoms with E-state index in [2.05, 4.69) is 15.5 Å². The predicted molar refractivity (Wildman–Crippen MR) is 88.1 cm³/mol. The maximum atomic E-state index is 12.2. The van der Waals surface area contributed by atoms with Crippen molar-refractivity contribution in [2.45, 2.75) is 6.92 Å². The molecule has 1 aromatic carbocycles. The summed E-state index contributed by atoms with van der Waals surface area (Å²) < 4.78 is 1.80. The van der Waals surface area contributed by atoms with E-state index in [0.29, 0.717) is 16.9 Å². The highest BCUT2D eigenvalue weighted by Gasteiger charge is 2.14. The van der Waals surface area contributed by atoms with Crippen molar-refractivity contribution in [1.29, 1.82) is 0 Å². The summed E-state index contributed by atoms with van der Waals surface area (Å²) in [6.45, 7) is 1.79. The zero-order valence-corrected chi connectivity index (χ0v) is 12.7. The zero-order chi connectivity index (χ0) is 17.1. The van der Waals surface area contributed by atoms with Gasteiger partial charge < -0.3 is 4.40 Å². The molecule has 0 fully saturated rings. The molecule has 2 aromatic heterocycles. The monoisotopic (exact) mass is 323 g/mol. The molecule has 3 aromatic rings. The van der Waals surface area contributed by atoms with Gasteiger partial charge in [0.05, 0.1) is 16.8 Å². The minimum Gasteiger partial charge on any atom is -0.304 e. The van der Waals surface area contributed by atoms with E-state index in [-0.39, 0.29) is 11.4 Å². The fourth-order valence-electron chi connectivity index (χ4n) is 2.27. The van der Waals surface area contributed by atoms with Gasteiger partial charge in [0.25, 0.3) is 11.6 Å². The van der Waals surface area contributed by atoms with Crippen LogP contribution in [0.4, 0.5) is 5.69 Å². The molecule has 0 atom stereocenters. The van der Waals surface area contributed by atoms with Crippen molar-refractivity contribution in [3.8, 4) is 0 Å². The lowest BCUT2D eigenvalue weighted by Crippen LogP contribution is -2.19. The van der Waals surface area contributed by atoms with Gasteiger partial charge in [-0.3, -0.25) is 14.9 Å². The Labute approximate surface area is 136 Å². The van der Waals surface area contributed by atoms with Gasteiger partial charge in [-0.05, 0) is 19.1 Å². The lowest BCUT2D eigenvalue weighted by atomic mass is 10.2. The standard InChI is InChI=1S/C16H13N5O3/c1-11-15(18-14-7-2-3-8-20(11)14)16(22)19-17-10-12-5-4-6-13(9-12)21(23)24/h2-10H,1H3,(H,19,22). The van der Waals surface area contributed by atoms with Gasteiger partial charge in [-0.2, -0.15) is 5.10 Å². The number of carbonyl (C=O) groups excluding carboxylic acids is 1. The van der Waals surface area contributed by atoms with Gasteiger partial charge in [-0.1, -0.05) is 18.2 Å². The maximum absolute atomic E-state index is 12.2. The van der Waals surface area contributed by atoms with E-state index < -0.39 is 10.8 Å². The summed E-state index contributed by atoms with van der Waals surface area (Å²) in [5.41, 5.74) is 4.50. The number of nitrogens with one attached hydrogen (secondary N) is 1. The fraction of sp³-hybridized carbons (Fsp3) is 0.0625. The molecule has 0 aliphatic carbocycles. The molecule has 0 saturated heterocycles. The summed E-state index contributed by atoms with van der Waals surface area (Å²) in [4.78, 5) is 26.7. The molecule has 1 amide bonds. The highest BCUT2D eigenvalue weighted by Crippen LogP contribution is 2.12. The molecule has 0 aliphatic heterocycles. The first-order chi connectivity index (χ1) is 11.6. The zero-order valence-electron chi connectivity index (χ0n) is 12.7. The number of pyridine rings is 1. The van der Waals surface area contributed by atoms with E-state index >= 15 is 0 Å². The van der Waals surface area contributed by atoms with E-state index in [0.717, 1.165) is 0 Å². The van der Waals surface area contributed by atoms with Crippen LogP contribution in [0.25, 0.3) is 5.65 Å². The summed E-state index contributed by atoms with van der Waals surface area (Å²) in [6, 6.07) is 11.4. The molecule has 8 nitrogen and oxygen atoms in total. The number of imidazole rings is 1. The number of benzene rings is 1. The number of non-ortho nitro benzene ring substituents is 1. The second kappa shape index (κ2) is 6.29. The van der Waals surface area contributed by atoms with Crippen LogP contribution in [0.15, 0.2) is 53.8 Å². The van der Waals surface area contributed by atoms with Crippen LogP contribution < -0.4 is 5.43 Å². The number of hydrazone groups is 1. The minimum absolute atomic E-state index is 0.0403. The Morgan fingerprint density at radius 1 is 1.33 bits per heavy atom. The molecule has 0 bridgehead atoms. The van der Waals surface area contributed by atoms with Crippen LogP contribution in [0.5, 0.6) is 0 Å². The number of nitrogens with zero attached hydrogens (tertiary/aromatic N) is 4. The van der Waals surface area contributed by atoms with Crippen molar-refractivity contribution in [3.05, 3.63) is 75.7 Å². The predicted octanol–water partition coefficient (Wildman–Crippen LogP) is 2.31. The first-order valence-corrected chi connectivity index (χ1v) is 7.08. The molecule has 3 rings (SSSR count). The van der Waals surface area contributed by atoms with Crippen molar-refractivity contribution >= 4 is 23.5 Å². The molecule has 24 heavy (non-hydrogen) atoms. The van der Waals surface area contributed by atoms with Crippen LogP contribution in [0.3, 0.4) is 0 Å². The number of carbonyl (C=O) groups is 1.